The molecule has 1 aromatic rings. The van der Waals surface area contributed by atoms with Gasteiger partial charge in [-0.2, -0.15) is 0 Å². The van der Waals surface area contributed by atoms with Gasteiger partial charge < -0.3 is 9.88 Å². The first-order valence-electron chi connectivity index (χ1n) is 6.67. The Kier molecular flexibility index (Phi) is 4.45. The second-order valence-electron chi connectivity index (χ2n) is 5.06. The maximum Gasteiger partial charge on any atom is 0.152 e. The van der Waals surface area contributed by atoms with E-state index in [9.17, 15) is 8.42 Å². The zero-order valence-electron chi connectivity index (χ0n) is 10.9. The number of aromatic nitrogens is 1. The van der Waals surface area contributed by atoms with Gasteiger partial charge in [0, 0.05) is 37.3 Å². The zero-order chi connectivity index (χ0) is 13.0. The fraction of sp³-hybridized carbons (Fsp3) is 0.692. The number of hydrogen-bond acceptors (Lipinski definition) is 3. The standard InChI is InChI=1S/C13H22N2O2S/c1-2-8-18(16,17)9-7-15-6-5-12(11-15)10-14-13-3-4-13/h5-6,11,13-14H,2-4,7-10H2,1H3. The molecule has 2 rings (SSSR count). The maximum atomic E-state index is 11.6. The summed E-state index contributed by atoms with van der Waals surface area (Å²) in [5, 5.41) is 3.45. The van der Waals surface area contributed by atoms with E-state index >= 15 is 0 Å². The van der Waals surface area contributed by atoms with E-state index in [0.29, 0.717) is 24.8 Å². The lowest BCUT2D eigenvalue weighted by Crippen LogP contribution is -2.16. The molecule has 1 aromatic heterocycles. The van der Waals surface area contributed by atoms with Crippen molar-refractivity contribution in [2.24, 2.45) is 0 Å². The minimum atomic E-state index is -2.87. The molecule has 0 aliphatic heterocycles. The van der Waals surface area contributed by atoms with Gasteiger partial charge in [-0.05, 0) is 30.9 Å². The molecular weight excluding hydrogens is 248 g/mol. The fourth-order valence-corrected chi connectivity index (χ4v) is 3.26. The summed E-state index contributed by atoms with van der Waals surface area (Å²) in [7, 11) is -2.87. The number of sulfone groups is 1. The number of nitrogens with one attached hydrogen (secondary N) is 1. The third-order valence-electron chi connectivity index (χ3n) is 3.16. The van der Waals surface area contributed by atoms with Crippen molar-refractivity contribution in [3.8, 4) is 0 Å². The van der Waals surface area contributed by atoms with Gasteiger partial charge in [-0.3, -0.25) is 0 Å². The lowest BCUT2D eigenvalue weighted by Gasteiger charge is -2.04. The van der Waals surface area contributed by atoms with Gasteiger partial charge in [0.05, 0.1) is 5.75 Å². The summed E-state index contributed by atoms with van der Waals surface area (Å²) in [5.74, 6) is 0.537. The molecule has 1 aliphatic carbocycles. The van der Waals surface area contributed by atoms with Crippen LogP contribution in [0.15, 0.2) is 18.5 Å². The van der Waals surface area contributed by atoms with Gasteiger partial charge in [-0.15, -0.1) is 0 Å². The summed E-state index contributed by atoms with van der Waals surface area (Å²) in [6.07, 6.45) is 7.28. The highest BCUT2D eigenvalue weighted by Crippen LogP contribution is 2.19. The second kappa shape index (κ2) is 5.89. The Hall–Kier alpha value is -0.810. The Morgan fingerprint density at radius 1 is 1.39 bits per heavy atom. The molecule has 1 aliphatic rings. The highest BCUT2D eigenvalue weighted by atomic mass is 32.2. The average molecular weight is 270 g/mol. The van der Waals surface area contributed by atoms with Crippen molar-refractivity contribution in [3.63, 3.8) is 0 Å². The van der Waals surface area contributed by atoms with Crippen molar-refractivity contribution in [1.29, 1.82) is 0 Å². The van der Waals surface area contributed by atoms with Crippen molar-refractivity contribution < 1.29 is 8.42 Å². The molecule has 1 N–H and O–H groups in total. The molecule has 0 unspecified atom stereocenters. The number of aryl methyl sites for hydroxylation is 1. The zero-order valence-corrected chi connectivity index (χ0v) is 11.7. The molecule has 0 spiro atoms. The van der Waals surface area contributed by atoms with Gasteiger partial charge in [0.1, 0.15) is 0 Å². The molecule has 0 aromatic carbocycles. The summed E-state index contributed by atoms with van der Waals surface area (Å²) in [5.41, 5.74) is 1.23. The highest BCUT2D eigenvalue weighted by molar-refractivity contribution is 7.91. The first kappa shape index (κ1) is 13.6. The van der Waals surface area contributed by atoms with Crippen LogP contribution in [0.25, 0.3) is 0 Å². The summed E-state index contributed by atoms with van der Waals surface area (Å²) in [6, 6.07) is 2.76. The number of hydrogen-bond donors (Lipinski definition) is 1. The van der Waals surface area contributed by atoms with E-state index in [0.717, 1.165) is 6.54 Å². The summed E-state index contributed by atoms with van der Waals surface area (Å²) < 4.78 is 25.2. The van der Waals surface area contributed by atoms with E-state index in [4.69, 9.17) is 0 Å². The molecule has 1 fully saturated rings. The van der Waals surface area contributed by atoms with Crippen molar-refractivity contribution in [3.05, 3.63) is 24.0 Å². The SMILES string of the molecule is CCCS(=O)(=O)CCn1ccc(CNC2CC2)c1. The maximum absolute atomic E-state index is 11.6. The topological polar surface area (TPSA) is 51.1 Å². The largest absolute Gasteiger partial charge is 0.353 e. The summed E-state index contributed by atoms with van der Waals surface area (Å²) >= 11 is 0. The Balaban J connectivity index is 1.78. The van der Waals surface area contributed by atoms with Gasteiger partial charge in [-0.1, -0.05) is 6.92 Å². The summed E-state index contributed by atoms with van der Waals surface area (Å²) in [4.78, 5) is 0. The molecule has 1 saturated carbocycles. The molecule has 18 heavy (non-hydrogen) atoms. The van der Waals surface area contributed by atoms with E-state index in [1.165, 1.54) is 18.4 Å². The van der Waals surface area contributed by atoms with E-state index in [1.54, 1.807) is 0 Å². The van der Waals surface area contributed by atoms with E-state index in [-0.39, 0.29) is 5.75 Å². The predicted octanol–water partition coefficient (Wildman–Crippen LogP) is 1.56. The third kappa shape index (κ3) is 4.46. The van der Waals surface area contributed by atoms with Crippen LogP contribution < -0.4 is 5.32 Å². The minimum Gasteiger partial charge on any atom is -0.353 e. The van der Waals surface area contributed by atoms with Crippen molar-refractivity contribution >= 4 is 9.84 Å². The van der Waals surface area contributed by atoms with Crippen LogP contribution >= 0.6 is 0 Å². The van der Waals surface area contributed by atoms with Crippen LogP contribution in [0, 0.1) is 0 Å². The number of nitrogens with zero attached hydrogens (tertiary/aromatic N) is 1. The van der Waals surface area contributed by atoms with Gasteiger partial charge in [0.2, 0.25) is 0 Å². The van der Waals surface area contributed by atoms with Crippen molar-refractivity contribution in [1.82, 2.24) is 9.88 Å². The molecule has 5 heteroatoms. The lowest BCUT2D eigenvalue weighted by molar-refractivity contribution is 0.587. The van der Waals surface area contributed by atoms with E-state index < -0.39 is 9.84 Å². The van der Waals surface area contributed by atoms with Crippen LogP contribution in [0.5, 0.6) is 0 Å². The number of rotatable bonds is 8. The van der Waals surface area contributed by atoms with E-state index in [2.05, 4.69) is 11.4 Å². The fourth-order valence-electron chi connectivity index (χ4n) is 1.94. The van der Waals surface area contributed by atoms with Crippen LogP contribution in [0.4, 0.5) is 0 Å². The third-order valence-corrected chi connectivity index (χ3v) is 4.99. The van der Waals surface area contributed by atoms with Gasteiger partial charge in [0.25, 0.3) is 0 Å². The Labute approximate surface area is 109 Å². The normalized spacial score (nSPS) is 16.1. The molecule has 0 amide bonds. The lowest BCUT2D eigenvalue weighted by atomic mass is 10.3. The van der Waals surface area contributed by atoms with Crippen LogP contribution in [0.1, 0.15) is 31.7 Å². The molecule has 1 heterocycles. The molecule has 0 atom stereocenters. The molecule has 0 radical (unpaired) electrons. The van der Waals surface area contributed by atoms with Gasteiger partial charge in [-0.25, -0.2) is 8.42 Å². The molecule has 102 valence electrons. The van der Waals surface area contributed by atoms with Crippen molar-refractivity contribution in [2.45, 2.75) is 45.3 Å². The minimum absolute atomic E-state index is 0.241. The molecular formula is C13H22N2O2S. The van der Waals surface area contributed by atoms with Gasteiger partial charge >= 0.3 is 0 Å². The Morgan fingerprint density at radius 3 is 2.83 bits per heavy atom. The molecule has 0 bridgehead atoms. The van der Waals surface area contributed by atoms with Crippen LogP contribution in [-0.4, -0.2) is 30.5 Å². The Bertz CT molecular complexity index is 475. The molecule has 0 saturated heterocycles. The quantitative estimate of drug-likeness (QED) is 0.780. The smallest absolute Gasteiger partial charge is 0.152 e. The van der Waals surface area contributed by atoms with Crippen LogP contribution in [0.2, 0.25) is 0 Å². The molecule has 4 nitrogen and oxygen atoms in total. The summed E-state index contributed by atoms with van der Waals surface area (Å²) in [6.45, 7) is 3.35. The van der Waals surface area contributed by atoms with Gasteiger partial charge in [0.15, 0.2) is 9.84 Å². The Morgan fingerprint density at radius 2 is 2.17 bits per heavy atom. The average Bonchev–Trinajstić information content (AvgIpc) is 3.03. The van der Waals surface area contributed by atoms with Crippen LogP contribution in [0.3, 0.4) is 0 Å². The first-order chi connectivity index (χ1) is 8.59. The van der Waals surface area contributed by atoms with E-state index in [1.807, 2.05) is 23.9 Å². The highest BCUT2D eigenvalue weighted by Gasteiger charge is 2.20. The predicted molar refractivity (Wildman–Crippen MR) is 73.2 cm³/mol. The second-order valence-corrected chi connectivity index (χ2v) is 7.37. The van der Waals surface area contributed by atoms with Crippen LogP contribution in [-0.2, 0) is 22.9 Å². The van der Waals surface area contributed by atoms with Crippen molar-refractivity contribution in [2.75, 3.05) is 11.5 Å². The first-order valence-corrected chi connectivity index (χ1v) is 8.49. The monoisotopic (exact) mass is 270 g/mol.